The number of H-pyrrole nitrogens is 1. The van der Waals surface area contributed by atoms with Crippen LogP contribution in [0.5, 0.6) is 0 Å². The summed E-state index contributed by atoms with van der Waals surface area (Å²) in [4.78, 5) is 3.17. The minimum atomic E-state index is -0.516. The van der Waals surface area contributed by atoms with E-state index >= 15 is 0 Å². The third-order valence-electron chi connectivity index (χ3n) is 4.29. The van der Waals surface area contributed by atoms with Gasteiger partial charge in [-0.25, -0.2) is 0 Å². The second-order valence-electron chi connectivity index (χ2n) is 6.81. The fraction of sp³-hybridized carbons (Fsp3) is 0.444. The van der Waals surface area contributed by atoms with Crippen LogP contribution in [-0.4, -0.2) is 27.0 Å². The largest absolute Gasteiger partial charge is 0.385 e. The number of nitrogens with zero attached hydrogens (tertiary/aromatic N) is 3. The van der Waals surface area contributed by atoms with E-state index in [9.17, 15) is 5.26 Å². The second kappa shape index (κ2) is 6.20. The van der Waals surface area contributed by atoms with E-state index in [-0.39, 0.29) is 0 Å². The summed E-state index contributed by atoms with van der Waals surface area (Å²) in [7, 11) is 0. The zero-order valence-electron chi connectivity index (χ0n) is 15.4. The summed E-state index contributed by atoms with van der Waals surface area (Å²) in [5.41, 5.74) is 3.87. The summed E-state index contributed by atoms with van der Waals surface area (Å²) in [6.45, 7) is 11.1. The topological polar surface area (TPSA) is 93.5 Å². The van der Waals surface area contributed by atoms with Gasteiger partial charge in [0.15, 0.2) is 0 Å². The predicted octanol–water partition coefficient (Wildman–Crippen LogP) is 3.18. The monoisotopic (exact) mass is 339 g/mol. The summed E-state index contributed by atoms with van der Waals surface area (Å²) in [5.74, 6) is 0.832. The molecule has 7 nitrogen and oxygen atoms in total. The number of hydrogen-bond donors (Lipinski definition) is 4. The van der Waals surface area contributed by atoms with E-state index in [1.807, 2.05) is 24.7 Å². The molecule has 0 saturated carbocycles. The first-order valence-electron chi connectivity index (χ1n) is 8.57. The molecule has 2 aromatic heterocycles. The van der Waals surface area contributed by atoms with Gasteiger partial charge in [-0.1, -0.05) is 0 Å². The average Bonchev–Trinajstić information content (AvgIpc) is 3.11. The maximum absolute atomic E-state index is 9.35. The Morgan fingerprint density at radius 2 is 2.20 bits per heavy atom. The van der Waals surface area contributed by atoms with Gasteiger partial charge in [-0.2, -0.15) is 10.4 Å². The van der Waals surface area contributed by atoms with E-state index in [0.29, 0.717) is 11.6 Å². The van der Waals surface area contributed by atoms with Crippen molar-refractivity contribution in [3.8, 4) is 6.07 Å². The van der Waals surface area contributed by atoms with Crippen LogP contribution in [-0.2, 0) is 0 Å². The van der Waals surface area contributed by atoms with Crippen LogP contribution in [0.4, 0.5) is 11.5 Å². The molecule has 0 spiro atoms. The van der Waals surface area contributed by atoms with Crippen LogP contribution in [0.3, 0.4) is 0 Å². The maximum atomic E-state index is 9.35. The van der Waals surface area contributed by atoms with Gasteiger partial charge < -0.3 is 20.9 Å². The van der Waals surface area contributed by atoms with Crippen LogP contribution in [0.15, 0.2) is 18.5 Å². The number of fused-ring (bicyclic) bond motifs is 1. The summed E-state index contributed by atoms with van der Waals surface area (Å²) in [6.07, 6.45) is 5.84. The quantitative estimate of drug-likeness (QED) is 0.671. The molecular formula is C18H25N7. The fourth-order valence-corrected chi connectivity index (χ4v) is 3.09. The van der Waals surface area contributed by atoms with Crippen LogP contribution >= 0.6 is 0 Å². The fourth-order valence-electron chi connectivity index (χ4n) is 3.09. The molecule has 2 aromatic rings. The van der Waals surface area contributed by atoms with Gasteiger partial charge >= 0.3 is 0 Å². The molecular weight excluding hydrogens is 314 g/mol. The predicted molar refractivity (Wildman–Crippen MR) is 100 cm³/mol. The van der Waals surface area contributed by atoms with Crippen molar-refractivity contribution in [1.29, 1.82) is 5.26 Å². The van der Waals surface area contributed by atoms with E-state index in [1.54, 1.807) is 6.20 Å². The van der Waals surface area contributed by atoms with Crippen molar-refractivity contribution in [3.05, 3.63) is 35.3 Å². The van der Waals surface area contributed by atoms with Crippen molar-refractivity contribution < 1.29 is 0 Å². The summed E-state index contributed by atoms with van der Waals surface area (Å²) >= 11 is 0. The van der Waals surface area contributed by atoms with Gasteiger partial charge in [0.2, 0.25) is 0 Å². The maximum Gasteiger partial charge on any atom is 0.128 e. The molecule has 0 bridgehead atoms. The third kappa shape index (κ3) is 3.07. The highest BCUT2D eigenvalue weighted by atomic mass is 15.3. The molecule has 7 heteroatoms. The van der Waals surface area contributed by atoms with Crippen LogP contribution < -0.4 is 16.0 Å². The smallest absolute Gasteiger partial charge is 0.128 e. The van der Waals surface area contributed by atoms with Crippen LogP contribution in [0, 0.1) is 18.3 Å². The third-order valence-corrected chi connectivity index (χ3v) is 4.29. The number of nitrogens with one attached hydrogen (secondary N) is 4. The first-order chi connectivity index (χ1) is 11.9. The molecule has 0 amide bonds. The van der Waals surface area contributed by atoms with Gasteiger partial charge in [0.05, 0.1) is 22.5 Å². The Balaban J connectivity index is 1.97. The van der Waals surface area contributed by atoms with Gasteiger partial charge in [-0.15, -0.1) is 0 Å². The van der Waals surface area contributed by atoms with Gasteiger partial charge in [0, 0.05) is 30.7 Å². The number of aromatic nitrogens is 3. The lowest BCUT2D eigenvalue weighted by Gasteiger charge is -2.35. The van der Waals surface area contributed by atoms with Gasteiger partial charge in [0.25, 0.3) is 0 Å². The molecule has 3 rings (SSSR count). The van der Waals surface area contributed by atoms with Gasteiger partial charge in [-0.05, 0) is 40.7 Å². The normalized spacial score (nSPS) is 19.0. The highest BCUT2D eigenvalue weighted by Gasteiger charge is 2.32. The molecule has 1 aliphatic rings. The molecule has 25 heavy (non-hydrogen) atoms. The zero-order chi connectivity index (χ0) is 18.2. The summed E-state index contributed by atoms with van der Waals surface area (Å²) in [5, 5.41) is 24.3. The number of rotatable bonds is 5. The lowest BCUT2D eigenvalue weighted by molar-refractivity contribution is 0.529. The molecule has 0 radical (unpaired) electrons. The lowest BCUT2D eigenvalue weighted by atomic mass is 10.00. The Bertz CT molecular complexity index is 849. The SMILES string of the molecule is CCNC1=CC(C)(Nc2cn(C(C)C)nc2C)Nc2[nH]cc(C#N)c21. The van der Waals surface area contributed by atoms with Crippen molar-refractivity contribution in [2.75, 3.05) is 17.2 Å². The molecule has 0 aromatic carbocycles. The molecule has 1 aliphatic heterocycles. The molecule has 1 atom stereocenters. The zero-order valence-corrected chi connectivity index (χ0v) is 15.4. The van der Waals surface area contributed by atoms with E-state index < -0.39 is 5.66 Å². The number of anilines is 2. The minimum Gasteiger partial charge on any atom is -0.385 e. The average molecular weight is 339 g/mol. The number of aromatic amines is 1. The lowest BCUT2D eigenvalue weighted by Crippen LogP contribution is -2.44. The Morgan fingerprint density at radius 3 is 2.80 bits per heavy atom. The molecule has 1 unspecified atom stereocenters. The van der Waals surface area contributed by atoms with Crippen molar-refractivity contribution in [1.82, 2.24) is 20.1 Å². The Morgan fingerprint density at radius 1 is 1.44 bits per heavy atom. The first-order valence-corrected chi connectivity index (χ1v) is 8.57. The van der Waals surface area contributed by atoms with Crippen molar-refractivity contribution >= 4 is 17.2 Å². The standard InChI is InChI=1S/C18H25N7/c1-6-20-14-7-18(5,23-17-16(14)13(8-19)9-21-17)22-15-10-25(11(2)3)24-12(15)4/h7,9-11,20-23H,6H2,1-5H3. The Labute approximate surface area is 148 Å². The molecule has 0 aliphatic carbocycles. The second-order valence-corrected chi connectivity index (χ2v) is 6.81. The van der Waals surface area contributed by atoms with E-state index in [4.69, 9.17) is 0 Å². The summed E-state index contributed by atoms with van der Waals surface area (Å²) < 4.78 is 1.95. The highest BCUT2D eigenvalue weighted by Crippen LogP contribution is 2.35. The molecule has 132 valence electrons. The van der Waals surface area contributed by atoms with E-state index in [2.05, 4.69) is 58.9 Å². The van der Waals surface area contributed by atoms with E-state index in [0.717, 1.165) is 35.0 Å². The van der Waals surface area contributed by atoms with Crippen molar-refractivity contribution in [3.63, 3.8) is 0 Å². The Hall–Kier alpha value is -2.88. The highest BCUT2D eigenvalue weighted by molar-refractivity contribution is 5.83. The summed E-state index contributed by atoms with van der Waals surface area (Å²) in [6, 6.07) is 2.55. The molecule has 4 N–H and O–H groups in total. The van der Waals surface area contributed by atoms with Gasteiger partial charge in [-0.3, -0.25) is 4.68 Å². The number of hydrogen-bond acceptors (Lipinski definition) is 5. The van der Waals surface area contributed by atoms with Gasteiger partial charge in [0.1, 0.15) is 17.5 Å². The molecule has 0 fully saturated rings. The van der Waals surface area contributed by atoms with Crippen molar-refractivity contribution in [2.45, 2.75) is 46.3 Å². The minimum absolute atomic E-state index is 0.308. The molecule has 0 saturated heterocycles. The Kier molecular flexibility index (Phi) is 4.21. The van der Waals surface area contributed by atoms with Crippen LogP contribution in [0.25, 0.3) is 5.70 Å². The van der Waals surface area contributed by atoms with Crippen LogP contribution in [0.1, 0.15) is 50.6 Å². The number of aryl methyl sites for hydroxylation is 1. The number of nitriles is 1. The first kappa shape index (κ1) is 17.0. The van der Waals surface area contributed by atoms with Crippen LogP contribution in [0.2, 0.25) is 0 Å². The van der Waals surface area contributed by atoms with E-state index in [1.165, 1.54) is 0 Å². The molecule has 3 heterocycles. The van der Waals surface area contributed by atoms with Crippen molar-refractivity contribution in [2.24, 2.45) is 0 Å².